The molecular formula is C9H18O2S. The first-order valence-electron chi connectivity index (χ1n) is 4.57. The first-order chi connectivity index (χ1) is 5.72. The van der Waals surface area contributed by atoms with E-state index in [0.717, 1.165) is 25.7 Å². The van der Waals surface area contributed by atoms with Crippen molar-refractivity contribution in [3.8, 4) is 0 Å². The molecule has 0 N–H and O–H groups in total. The average molecular weight is 190 g/mol. The molecule has 1 atom stereocenters. The minimum Gasteiger partial charge on any atom is -0.465 e. The summed E-state index contributed by atoms with van der Waals surface area (Å²) in [6.07, 6.45) is 3.83. The first kappa shape index (κ1) is 11.8. The van der Waals surface area contributed by atoms with E-state index in [2.05, 4.69) is 19.6 Å². The Bertz CT molecular complexity index is 126. The van der Waals surface area contributed by atoms with Crippen molar-refractivity contribution in [2.24, 2.45) is 0 Å². The monoisotopic (exact) mass is 190 g/mol. The van der Waals surface area contributed by atoms with Crippen LogP contribution in [-0.2, 0) is 9.53 Å². The van der Waals surface area contributed by atoms with Gasteiger partial charge in [0.25, 0.3) is 0 Å². The summed E-state index contributed by atoms with van der Waals surface area (Å²) in [4.78, 5) is 11.1. The van der Waals surface area contributed by atoms with Crippen molar-refractivity contribution >= 4 is 18.6 Å². The molecule has 0 rings (SSSR count). The predicted octanol–water partition coefficient (Wildman–Crippen LogP) is 2.43. The zero-order valence-electron chi connectivity index (χ0n) is 7.88. The fourth-order valence-corrected chi connectivity index (χ4v) is 1.07. The van der Waals surface area contributed by atoms with E-state index < -0.39 is 0 Å². The molecule has 0 saturated heterocycles. The maximum absolute atomic E-state index is 11.1. The molecule has 3 heteroatoms. The smallest absolute Gasteiger partial charge is 0.318 e. The molecule has 12 heavy (non-hydrogen) atoms. The molecule has 0 spiro atoms. The summed E-state index contributed by atoms with van der Waals surface area (Å²) < 4.78 is 4.93. The third-order valence-electron chi connectivity index (χ3n) is 1.55. The van der Waals surface area contributed by atoms with Crippen LogP contribution in [0.15, 0.2) is 0 Å². The van der Waals surface area contributed by atoms with Crippen LogP contribution in [0.4, 0.5) is 0 Å². The Morgan fingerprint density at radius 3 is 2.58 bits per heavy atom. The molecule has 0 aromatic heterocycles. The Kier molecular flexibility index (Phi) is 7.36. The highest BCUT2D eigenvalue weighted by Crippen LogP contribution is 2.08. The lowest BCUT2D eigenvalue weighted by atomic mass is 10.2. The van der Waals surface area contributed by atoms with Gasteiger partial charge in [0.2, 0.25) is 0 Å². The lowest BCUT2D eigenvalue weighted by Crippen LogP contribution is -2.18. The van der Waals surface area contributed by atoms with Gasteiger partial charge in [-0.05, 0) is 12.8 Å². The summed E-state index contributed by atoms with van der Waals surface area (Å²) in [5.74, 6) is -0.173. The maximum Gasteiger partial charge on any atom is 0.318 e. The average Bonchev–Trinajstić information content (AvgIpc) is 2.10. The Labute approximate surface area is 80.1 Å². The van der Waals surface area contributed by atoms with Crippen molar-refractivity contribution in [3.63, 3.8) is 0 Å². The van der Waals surface area contributed by atoms with Gasteiger partial charge < -0.3 is 4.74 Å². The van der Waals surface area contributed by atoms with Gasteiger partial charge in [-0.15, -0.1) is 0 Å². The number of ether oxygens (including phenoxy) is 1. The molecule has 1 unspecified atom stereocenters. The van der Waals surface area contributed by atoms with Gasteiger partial charge in [0.1, 0.15) is 0 Å². The molecule has 0 aliphatic rings. The second-order valence-electron chi connectivity index (χ2n) is 2.83. The molecule has 0 saturated carbocycles. The van der Waals surface area contributed by atoms with E-state index in [0.29, 0.717) is 6.61 Å². The zero-order valence-corrected chi connectivity index (χ0v) is 8.77. The fourth-order valence-electron chi connectivity index (χ4n) is 0.814. The van der Waals surface area contributed by atoms with Crippen molar-refractivity contribution in [3.05, 3.63) is 0 Å². The highest BCUT2D eigenvalue weighted by Gasteiger charge is 2.13. The summed E-state index contributed by atoms with van der Waals surface area (Å²) >= 11 is 4.16. The summed E-state index contributed by atoms with van der Waals surface area (Å²) in [7, 11) is 0. The molecule has 0 radical (unpaired) electrons. The van der Waals surface area contributed by atoms with Crippen molar-refractivity contribution in [1.82, 2.24) is 0 Å². The predicted molar refractivity (Wildman–Crippen MR) is 53.5 cm³/mol. The summed E-state index contributed by atoms with van der Waals surface area (Å²) in [6.45, 7) is 4.59. The Balaban J connectivity index is 3.47. The van der Waals surface area contributed by atoms with Gasteiger partial charge in [0.05, 0.1) is 11.9 Å². The van der Waals surface area contributed by atoms with Gasteiger partial charge >= 0.3 is 5.97 Å². The SMILES string of the molecule is CCCCC(S)C(=O)OCCC. The molecule has 72 valence electrons. The third kappa shape index (κ3) is 5.47. The Hall–Kier alpha value is -0.180. The van der Waals surface area contributed by atoms with Gasteiger partial charge in [0.15, 0.2) is 0 Å². The zero-order chi connectivity index (χ0) is 9.40. The van der Waals surface area contributed by atoms with Gasteiger partial charge in [-0.1, -0.05) is 26.7 Å². The van der Waals surface area contributed by atoms with Crippen molar-refractivity contribution in [1.29, 1.82) is 0 Å². The molecule has 0 fully saturated rings. The van der Waals surface area contributed by atoms with Crippen molar-refractivity contribution in [2.45, 2.75) is 44.8 Å². The van der Waals surface area contributed by atoms with Crippen LogP contribution in [0.1, 0.15) is 39.5 Å². The molecule has 0 aromatic rings. The van der Waals surface area contributed by atoms with Gasteiger partial charge in [0, 0.05) is 0 Å². The minimum atomic E-state index is -0.225. The summed E-state index contributed by atoms with van der Waals surface area (Å²) in [6, 6.07) is 0. The van der Waals surface area contributed by atoms with E-state index >= 15 is 0 Å². The number of hydrogen-bond donors (Lipinski definition) is 1. The molecule has 0 heterocycles. The number of thiol groups is 1. The molecule has 0 bridgehead atoms. The summed E-state index contributed by atoms with van der Waals surface area (Å²) in [5.41, 5.74) is 0. The van der Waals surface area contributed by atoms with E-state index in [4.69, 9.17) is 4.74 Å². The lowest BCUT2D eigenvalue weighted by Gasteiger charge is -2.08. The van der Waals surface area contributed by atoms with Crippen LogP contribution < -0.4 is 0 Å². The van der Waals surface area contributed by atoms with Crippen LogP contribution in [0, 0.1) is 0 Å². The number of unbranched alkanes of at least 4 members (excludes halogenated alkanes) is 1. The molecule has 0 amide bonds. The van der Waals surface area contributed by atoms with Crippen molar-refractivity contribution in [2.75, 3.05) is 6.61 Å². The number of rotatable bonds is 6. The fraction of sp³-hybridized carbons (Fsp3) is 0.889. The quantitative estimate of drug-likeness (QED) is 0.514. The first-order valence-corrected chi connectivity index (χ1v) is 5.08. The minimum absolute atomic E-state index is 0.173. The highest BCUT2D eigenvalue weighted by molar-refractivity contribution is 7.81. The standard InChI is InChI=1S/C9H18O2S/c1-3-5-6-8(12)9(10)11-7-4-2/h8,12H,3-7H2,1-2H3. The third-order valence-corrected chi connectivity index (χ3v) is 2.02. The number of hydrogen-bond acceptors (Lipinski definition) is 3. The lowest BCUT2D eigenvalue weighted by molar-refractivity contribution is -0.143. The van der Waals surface area contributed by atoms with Crippen LogP contribution in [0.2, 0.25) is 0 Å². The summed E-state index contributed by atoms with van der Waals surface area (Å²) in [5, 5.41) is -0.225. The number of carbonyl (C=O) groups excluding carboxylic acids is 1. The van der Waals surface area contributed by atoms with Crippen LogP contribution in [0.3, 0.4) is 0 Å². The van der Waals surface area contributed by atoms with E-state index in [1.165, 1.54) is 0 Å². The molecule has 0 aliphatic heterocycles. The van der Waals surface area contributed by atoms with E-state index in [-0.39, 0.29) is 11.2 Å². The molecule has 2 nitrogen and oxygen atoms in total. The highest BCUT2D eigenvalue weighted by atomic mass is 32.1. The van der Waals surface area contributed by atoms with E-state index in [9.17, 15) is 4.79 Å². The van der Waals surface area contributed by atoms with Crippen molar-refractivity contribution < 1.29 is 9.53 Å². The second-order valence-corrected chi connectivity index (χ2v) is 3.45. The topological polar surface area (TPSA) is 26.3 Å². The number of esters is 1. The second kappa shape index (κ2) is 7.47. The normalized spacial score (nSPS) is 12.6. The van der Waals surface area contributed by atoms with Crippen LogP contribution in [-0.4, -0.2) is 17.8 Å². The van der Waals surface area contributed by atoms with E-state index in [1.54, 1.807) is 0 Å². The molecule has 0 aromatic carbocycles. The van der Waals surface area contributed by atoms with Gasteiger partial charge in [-0.3, -0.25) is 4.79 Å². The Morgan fingerprint density at radius 2 is 2.08 bits per heavy atom. The van der Waals surface area contributed by atoms with Crippen LogP contribution >= 0.6 is 12.6 Å². The largest absolute Gasteiger partial charge is 0.465 e. The molecule has 0 aliphatic carbocycles. The number of carbonyl (C=O) groups is 1. The van der Waals surface area contributed by atoms with Gasteiger partial charge in [-0.2, -0.15) is 12.6 Å². The van der Waals surface area contributed by atoms with Crippen LogP contribution in [0.25, 0.3) is 0 Å². The maximum atomic E-state index is 11.1. The van der Waals surface area contributed by atoms with Crippen LogP contribution in [0.5, 0.6) is 0 Å². The molecular weight excluding hydrogens is 172 g/mol. The Morgan fingerprint density at radius 1 is 1.42 bits per heavy atom. The van der Waals surface area contributed by atoms with Gasteiger partial charge in [-0.25, -0.2) is 0 Å². The van der Waals surface area contributed by atoms with E-state index in [1.807, 2.05) is 6.92 Å².